The average molecular weight is 432 g/mol. The van der Waals surface area contributed by atoms with E-state index in [-0.39, 0.29) is 29.9 Å². The van der Waals surface area contributed by atoms with Gasteiger partial charge in [-0.05, 0) is 55.4 Å². The van der Waals surface area contributed by atoms with E-state index < -0.39 is 0 Å². The molecule has 31 heavy (non-hydrogen) atoms. The van der Waals surface area contributed by atoms with Crippen LogP contribution in [0.3, 0.4) is 0 Å². The average Bonchev–Trinajstić information content (AvgIpc) is 3.34. The molecule has 3 amide bonds. The third-order valence-corrected chi connectivity index (χ3v) is 6.58. The van der Waals surface area contributed by atoms with Crippen molar-refractivity contribution < 1.29 is 19.1 Å². The number of nitrogens with one attached hydrogen (secondary N) is 2. The van der Waals surface area contributed by atoms with E-state index in [0.717, 1.165) is 56.1 Å². The maximum absolute atomic E-state index is 13.1. The maximum atomic E-state index is 13.1. The fraction of sp³-hybridized carbons (Fsp3) is 0.667. The smallest absolute Gasteiger partial charge is 0.317 e. The summed E-state index contributed by atoms with van der Waals surface area (Å²) in [5.74, 6) is 1.53. The van der Waals surface area contributed by atoms with Gasteiger partial charge in [0, 0.05) is 19.0 Å². The molecule has 1 heterocycles. The van der Waals surface area contributed by atoms with Crippen LogP contribution in [0.1, 0.15) is 69.5 Å². The molecule has 0 spiro atoms. The predicted molar refractivity (Wildman–Crippen MR) is 121 cm³/mol. The number of hydrogen-bond acceptors (Lipinski definition) is 4. The van der Waals surface area contributed by atoms with Gasteiger partial charge in [0.1, 0.15) is 0 Å². The van der Waals surface area contributed by atoms with Gasteiger partial charge in [-0.3, -0.25) is 4.79 Å². The number of carbonyl (C=O) groups is 2. The molecule has 2 atom stereocenters. The Balaban J connectivity index is 1.96. The van der Waals surface area contributed by atoms with Gasteiger partial charge in [-0.1, -0.05) is 26.7 Å². The van der Waals surface area contributed by atoms with Gasteiger partial charge in [-0.15, -0.1) is 0 Å². The molecule has 7 heteroatoms. The fourth-order valence-corrected chi connectivity index (χ4v) is 4.86. The standard InChI is InChI=1S/C24H37N3O4/c1-5-12-25-24(29)27-13-11-17-14-20(30-3)21(31-4)15-18(17)22(27)19(6-2)26-23(28)16-9-7-8-10-16/h14-16,19,22H,5-13H2,1-4H3,(H,25,29)(H,26,28). The highest BCUT2D eigenvalue weighted by Gasteiger charge is 2.38. The van der Waals surface area contributed by atoms with Gasteiger partial charge >= 0.3 is 6.03 Å². The molecule has 1 aromatic rings. The summed E-state index contributed by atoms with van der Waals surface area (Å²) in [6.45, 7) is 5.33. The van der Waals surface area contributed by atoms with E-state index in [1.54, 1.807) is 14.2 Å². The zero-order valence-corrected chi connectivity index (χ0v) is 19.3. The minimum Gasteiger partial charge on any atom is -0.493 e. The highest BCUT2D eigenvalue weighted by atomic mass is 16.5. The SMILES string of the molecule is CCCNC(=O)N1CCc2cc(OC)c(OC)cc2C1C(CC)NC(=O)C1CCCC1. The number of carbonyl (C=O) groups excluding carboxylic acids is 2. The van der Waals surface area contributed by atoms with Gasteiger partial charge in [0.2, 0.25) is 5.91 Å². The van der Waals surface area contributed by atoms with Crippen LogP contribution in [0, 0.1) is 5.92 Å². The molecule has 1 saturated carbocycles. The quantitative estimate of drug-likeness (QED) is 0.656. The molecule has 1 aromatic carbocycles. The van der Waals surface area contributed by atoms with Crippen LogP contribution in [0.25, 0.3) is 0 Å². The first-order valence-electron chi connectivity index (χ1n) is 11.6. The number of rotatable bonds is 8. The van der Waals surface area contributed by atoms with E-state index >= 15 is 0 Å². The summed E-state index contributed by atoms with van der Waals surface area (Å²) in [5, 5.41) is 6.31. The number of benzene rings is 1. The Hall–Kier alpha value is -2.44. The Labute approximate surface area is 185 Å². The summed E-state index contributed by atoms with van der Waals surface area (Å²) >= 11 is 0. The summed E-state index contributed by atoms with van der Waals surface area (Å²) in [6, 6.07) is 3.48. The highest BCUT2D eigenvalue weighted by Crippen LogP contribution is 2.40. The van der Waals surface area contributed by atoms with Crippen LogP contribution in [-0.4, -0.2) is 50.2 Å². The molecule has 2 unspecified atom stereocenters. The second kappa shape index (κ2) is 10.7. The van der Waals surface area contributed by atoms with Crippen molar-refractivity contribution in [2.75, 3.05) is 27.3 Å². The van der Waals surface area contributed by atoms with Crippen LogP contribution in [0.5, 0.6) is 11.5 Å². The molecule has 0 bridgehead atoms. The van der Waals surface area contributed by atoms with E-state index in [9.17, 15) is 9.59 Å². The first-order chi connectivity index (χ1) is 15.0. The zero-order valence-electron chi connectivity index (χ0n) is 19.3. The van der Waals surface area contributed by atoms with Crippen molar-refractivity contribution in [2.24, 2.45) is 5.92 Å². The summed E-state index contributed by atoms with van der Waals surface area (Å²) in [5.41, 5.74) is 2.16. The van der Waals surface area contributed by atoms with Gasteiger partial charge in [-0.25, -0.2) is 4.79 Å². The third-order valence-electron chi connectivity index (χ3n) is 6.58. The van der Waals surface area contributed by atoms with Crippen molar-refractivity contribution >= 4 is 11.9 Å². The van der Waals surface area contributed by atoms with Crippen LogP contribution in [-0.2, 0) is 11.2 Å². The number of nitrogens with zero attached hydrogens (tertiary/aromatic N) is 1. The van der Waals surface area contributed by atoms with Gasteiger partial charge < -0.3 is 25.0 Å². The van der Waals surface area contributed by atoms with Crippen LogP contribution >= 0.6 is 0 Å². The molecule has 1 aliphatic heterocycles. The number of amides is 3. The van der Waals surface area contributed by atoms with Crippen molar-refractivity contribution in [1.29, 1.82) is 0 Å². The lowest BCUT2D eigenvalue weighted by molar-refractivity contribution is -0.126. The second-order valence-corrected chi connectivity index (χ2v) is 8.53. The van der Waals surface area contributed by atoms with E-state index in [1.165, 1.54) is 0 Å². The summed E-state index contributed by atoms with van der Waals surface area (Å²) in [6.07, 6.45) is 6.48. The molecule has 7 nitrogen and oxygen atoms in total. The van der Waals surface area contributed by atoms with E-state index in [0.29, 0.717) is 24.6 Å². The Kier molecular flexibility index (Phi) is 8.04. The molecule has 1 fully saturated rings. The molecule has 1 aliphatic carbocycles. The lowest BCUT2D eigenvalue weighted by Crippen LogP contribution is -2.54. The molecular formula is C24H37N3O4. The Bertz CT molecular complexity index is 776. The van der Waals surface area contributed by atoms with Gasteiger partial charge in [0.25, 0.3) is 0 Å². The minimum atomic E-state index is -0.254. The first-order valence-corrected chi connectivity index (χ1v) is 11.6. The van der Waals surface area contributed by atoms with Crippen LogP contribution in [0.4, 0.5) is 4.79 Å². The van der Waals surface area contributed by atoms with Gasteiger partial charge in [0.15, 0.2) is 11.5 Å². The van der Waals surface area contributed by atoms with E-state index in [2.05, 4.69) is 17.6 Å². The molecule has 0 radical (unpaired) electrons. The Morgan fingerprint density at radius 1 is 1.13 bits per heavy atom. The second-order valence-electron chi connectivity index (χ2n) is 8.53. The van der Waals surface area contributed by atoms with Crippen LogP contribution in [0.2, 0.25) is 0 Å². The number of methoxy groups -OCH3 is 2. The highest BCUT2D eigenvalue weighted by molar-refractivity contribution is 5.80. The van der Waals surface area contributed by atoms with Crippen molar-refractivity contribution in [3.63, 3.8) is 0 Å². The van der Waals surface area contributed by atoms with E-state index in [1.807, 2.05) is 24.0 Å². The van der Waals surface area contributed by atoms with Gasteiger partial charge in [-0.2, -0.15) is 0 Å². The van der Waals surface area contributed by atoms with E-state index in [4.69, 9.17) is 9.47 Å². The van der Waals surface area contributed by atoms with Crippen LogP contribution < -0.4 is 20.1 Å². The van der Waals surface area contributed by atoms with Crippen LogP contribution in [0.15, 0.2) is 12.1 Å². The number of hydrogen-bond donors (Lipinski definition) is 2. The fourth-order valence-electron chi connectivity index (χ4n) is 4.86. The van der Waals surface area contributed by atoms with Crippen molar-refractivity contribution in [1.82, 2.24) is 15.5 Å². The Morgan fingerprint density at radius 2 is 1.81 bits per heavy atom. The molecule has 0 saturated heterocycles. The lowest BCUT2D eigenvalue weighted by Gasteiger charge is -2.42. The largest absolute Gasteiger partial charge is 0.493 e. The molecular weight excluding hydrogens is 394 g/mol. The maximum Gasteiger partial charge on any atom is 0.317 e. The summed E-state index contributed by atoms with van der Waals surface area (Å²) < 4.78 is 11.1. The molecule has 3 rings (SSSR count). The number of ether oxygens (including phenoxy) is 2. The molecule has 2 N–H and O–H groups in total. The van der Waals surface area contributed by atoms with Crippen molar-refractivity contribution in [2.45, 2.75) is 70.9 Å². The third kappa shape index (κ3) is 5.08. The first kappa shape index (κ1) is 23.2. The topological polar surface area (TPSA) is 79.9 Å². The monoisotopic (exact) mass is 431 g/mol. The Morgan fingerprint density at radius 3 is 2.42 bits per heavy atom. The molecule has 2 aliphatic rings. The molecule has 0 aromatic heterocycles. The predicted octanol–water partition coefficient (Wildman–Crippen LogP) is 3.81. The van der Waals surface area contributed by atoms with Crippen molar-refractivity contribution in [3.8, 4) is 11.5 Å². The van der Waals surface area contributed by atoms with Gasteiger partial charge in [0.05, 0.1) is 26.3 Å². The minimum absolute atomic E-state index is 0.0825. The molecule has 172 valence electrons. The normalized spacial score (nSPS) is 19.5. The number of fused-ring (bicyclic) bond motifs is 1. The van der Waals surface area contributed by atoms with Crippen molar-refractivity contribution in [3.05, 3.63) is 23.3 Å². The number of urea groups is 1. The summed E-state index contributed by atoms with van der Waals surface area (Å²) in [4.78, 5) is 27.9. The lowest BCUT2D eigenvalue weighted by atomic mass is 9.86. The summed E-state index contributed by atoms with van der Waals surface area (Å²) in [7, 11) is 3.25. The zero-order chi connectivity index (χ0) is 22.4.